The lowest BCUT2D eigenvalue weighted by Gasteiger charge is -2.18. The second kappa shape index (κ2) is 11.4. The standard InChI is InChI=1S/C19H23ClN4O2.C2H6/c1-6-7-14-10-15(20)8-9-16(14)21-12(4)18(25)22-13(5)19-23-17(11(2)3)24-26-19;1-2/h8-13,21H,1-5H3,(H,22,25);1-2H3. The smallest absolute Gasteiger partial charge is 0.248 e. The van der Waals surface area contributed by atoms with E-state index in [9.17, 15) is 4.79 Å². The molecular formula is C21H29ClN4O2. The number of halogens is 1. The lowest BCUT2D eigenvalue weighted by atomic mass is 10.1. The minimum atomic E-state index is -0.483. The van der Waals surface area contributed by atoms with Gasteiger partial charge in [0.05, 0.1) is 5.69 Å². The molecule has 2 atom stereocenters. The van der Waals surface area contributed by atoms with Gasteiger partial charge in [0.2, 0.25) is 11.8 Å². The average molecular weight is 405 g/mol. The van der Waals surface area contributed by atoms with Crippen molar-refractivity contribution in [1.29, 1.82) is 0 Å². The zero-order valence-corrected chi connectivity index (χ0v) is 18.3. The molecule has 0 spiro atoms. The summed E-state index contributed by atoms with van der Waals surface area (Å²) in [7, 11) is 0. The Labute approximate surface area is 172 Å². The molecule has 1 aromatic carbocycles. The van der Waals surface area contributed by atoms with Gasteiger partial charge in [-0.3, -0.25) is 4.79 Å². The number of hydrogen-bond acceptors (Lipinski definition) is 5. The fraction of sp³-hybridized carbons (Fsp3) is 0.476. The van der Waals surface area contributed by atoms with Crippen LogP contribution in [0.1, 0.15) is 77.7 Å². The van der Waals surface area contributed by atoms with Gasteiger partial charge in [-0.15, -0.1) is 5.92 Å². The van der Waals surface area contributed by atoms with Crippen molar-refractivity contribution in [2.24, 2.45) is 0 Å². The van der Waals surface area contributed by atoms with Crippen LogP contribution in [0.4, 0.5) is 5.69 Å². The summed E-state index contributed by atoms with van der Waals surface area (Å²) in [5.74, 6) is 6.81. The first kappa shape index (κ1) is 23.5. The molecule has 2 N–H and O–H groups in total. The maximum Gasteiger partial charge on any atom is 0.248 e. The van der Waals surface area contributed by atoms with Crippen molar-refractivity contribution in [2.75, 3.05) is 5.32 Å². The molecular weight excluding hydrogens is 376 g/mol. The quantitative estimate of drug-likeness (QED) is 0.668. The Bertz CT molecular complexity index is 836. The van der Waals surface area contributed by atoms with Crippen LogP contribution in [-0.2, 0) is 4.79 Å². The normalized spacial score (nSPS) is 12.2. The first-order valence-corrected chi connectivity index (χ1v) is 9.82. The van der Waals surface area contributed by atoms with Gasteiger partial charge in [0, 0.05) is 16.5 Å². The summed E-state index contributed by atoms with van der Waals surface area (Å²) in [5, 5.41) is 10.5. The number of benzene rings is 1. The number of carbonyl (C=O) groups is 1. The van der Waals surface area contributed by atoms with Gasteiger partial charge < -0.3 is 15.2 Å². The monoisotopic (exact) mass is 404 g/mol. The van der Waals surface area contributed by atoms with Crippen LogP contribution in [0.3, 0.4) is 0 Å². The summed E-state index contributed by atoms with van der Waals surface area (Å²) in [5.41, 5.74) is 1.49. The first-order valence-electron chi connectivity index (χ1n) is 9.44. The van der Waals surface area contributed by atoms with Crippen molar-refractivity contribution in [3.63, 3.8) is 0 Å². The molecule has 1 amide bonds. The molecule has 0 aliphatic rings. The zero-order chi connectivity index (χ0) is 21.3. The van der Waals surface area contributed by atoms with Crippen LogP contribution < -0.4 is 10.6 Å². The highest BCUT2D eigenvalue weighted by Gasteiger charge is 2.21. The lowest BCUT2D eigenvalue weighted by Crippen LogP contribution is -2.39. The summed E-state index contributed by atoms with van der Waals surface area (Å²) >= 11 is 6.01. The maximum atomic E-state index is 12.5. The molecule has 7 heteroatoms. The van der Waals surface area contributed by atoms with Crippen LogP contribution in [-0.4, -0.2) is 22.1 Å². The fourth-order valence-electron chi connectivity index (χ4n) is 2.24. The van der Waals surface area contributed by atoms with E-state index >= 15 is 0 Å². The largest absolute Gasteiger partial charge is 0.373 e. The Morgan fingerprint density at radius 3 is 2.46 bits per heavy atom. The van der Waals surface area contributed by atoms with Crippen LogP contribution in [0.2, 0.25) is 5.02 Å². The summed E-state index contributed by atoms with van der Waals surface area (Å²) in [4.78, 5) is 16.8. The van der Waals surface area contributed by atoms with Crippen molar-refractivity contribution in [1.82, 2.24) is 15.5 Å². The van der Waals surface area contributed by atoms with Crippen LogP contribution in [0.25, 0.3) is 0 Å². The third-order valence-corrected chi connectivity index (χ3v) is 3.94. The molecule has 2 aromatic rings. The second-order valence-corrected chi connectivity index (χ2v) is 6.74. The predicted molar refractivity (Wildman–Crippen MR) is 113 cm³/mol. The molecule has 0 aliphatic heterocycles. The van der Waals surface area contributed by atoms with E-state index < -0.39 is 6.04 Å². The van der Waals surface area contributed by atoms with E-state index in [1.165, 1.54) is 0 Å². The van der Waals surface area contributed by atoms with E-state index in [-0.39, 0.29) is 17.9 Å². The number of rotatable bonds is 6. The van der Waals surface area contributed by atoms with Gasteiger partial charge >= 0.3 is 0 Å². The second-order valence-electron chi connectivity index (χ2n) is 6.31. The first-order chi connectivity index (χ1) is 13.3. The molecule has 0 aliphatic carbocycles. The average Bonchev–Trinajstić information content (AvgIpc) is 3.16. The third-order valence-electron chi connectivity index (χ3n) is 3.71. The Morgan fingerprint density at radius 2 is 1.89 bits per heavy atom. The Hall–Kier alpha value is -2.52. The minimum absolute atomic E-state index is 0.166. The van der Waals surface area contributed by atoms with Crippen LogP contribution in [0.15, 0.2) is 22.7 Å². The van der Waals surface area contributed by atoms with Gasteiger partial charge in [0.1, 0.15) is 12.1 Å². The van der Waals surface area contributed by atoms with Gasteiger partial charge in [-0.1, -0.05) is 50.4 Å². The molecule has 1 aromatic heterocycles. The van der Waals surface area contributed by atoms with Crippen molar-refractivity contribution in [3.05, 3.63) is 40.5 Å². The van der Waals surface area contributed by atoms with Gasteiger partial charge in [-0.25, -0.2) is 0 Å². The van der Waals surface area contributed by atoms with Gasteiger partial charge in [-0.05, 0) is 39.0 Å². The van der Waals surface area contributed by atoms with Crippen molar-refractivity contribution in [2.45, 2.75) is 66.5 Å². The van der Waals surface area contributed by atoms with E-state index in [0.29, 0.717) is 16.7 Å². The number of anilines is 1. The molecule has 2 unspecified atom stereocenters. The van der Waals surface area contributed by atoms with E-state index in [4.69, 9.17) is 16.1 Å². The summed E-state index contributed by atoms with van der Waals surface area (Å²) in [6.45, 7) is 13.3. The van der Waals surface area contributed by atoms with Crippen LogP contribution in [0.5, 0.6) is 0 Å². The third kappa shape index (κ3) is 6.58. The van der Waals surface area contributed by atoms with Crippen molar-refractivity contribution in [3.8, 4) is 11.8 Å². The molecule has 6 nitrogen and oxygen atoms in total. The van der Waals surface area contributed by atoms with Crippen molar-refractivity contribution < 1.29 is 9.32 Å². The summed E-state index contributed by atoms with van der Waals surface area (Å²) in [6, 6.07) is 4.46. The number of amides is 1. The summed E-state index contributed by atoms with van der Waals surface area (Å²) in [6.07, 6.45) is 0. The number of aromatic nitrogens is 2. The maximum absolute atomic E-state index is 12.5. The molecule has 1 heterocycles. The lowest BCUT2D eigenvalue weighted by molar-refractivity contribution is -0.122. The van der Waals surface area contributed by atoms with Gasteiger partial charge in [0.25, 0.3) is 0 Å². The molecule has 0 radical (unpaired) electrons. The van der Waals surface area contributed by atoms with E-state index in [0.717, 1.165) is 11.3 Å². The number of nitrogens with one attached hydrogen (secondary N) is 2. The Morgan fingerprint density at radius 1 is 1.21 bits per heavy atom. The molecule has 2 rings (SSSR count). The van der Waals surface area contributed by atoms with Gasteiger partial charge in [-0.2, -0.15) is 4.98 Å². The molecule has 28 heavy (non-hydrogen) atoms. The Kier molecular flexibility index (Phi) is 9.54. The van der Waals surface area contributed by atoms with Gasteiger partial charge in [0.15, 0.2) is 5.82 Å². The fourth-order valence-corrected chi connectivity index (χ4v) is 2.41. The number of carbonyl (C=O) groups excluding carboxylic acids is 1. The van der Waals surface area contributed by atoms with Crippen LogP contribution in [0, 0.1) is 11.8 Å². The molecule has 0 saturated heterocycles. The predicted octanol–water partition coefficient (Wildman–Crippen LogP) is 4.92. The van der Waals surface area contributed by atoms with Crippen LogP contribution >= 0.6 is 11.6 Å². The highest BCUT2D eigenvalue weighted by atomic mass is 35.5. The highest BCUT2D eigenvalue weighted by molar-refractivity contribution is 6.30. The number of hydrogen-bond donors (Lipinski definition) is 2. The van der Waals surface area contributed by atoms with Crippen molar-refractivity contribution >= 4 is 23.2 Å². The minimum Gasteiger partial charge on any atom is -0.373 e. The van der Waals surface area contributed by atoms with E-state index in [2.05, 4.69) is 32.6 Å². The van der Waals surface area contributed by atoms with E-state index in [1.807, 2.05) is 33.8 Å². The molecule has 0 bridgehead atoms. The Balaban J connectivity index is 0.00000190. The zero-order valence-electron chi connectivity index (χ0n) is 17.6. The molecule has 0 saturated carbocycles. The SMILES string of the molecule is CC.CC#Cc1cc(Cl)ccc1NC(C)C(=O)NC(C)c1nc(C(C)C)no1. The molecule has 0 fully saturated rings. The molecule has 152 valence electrons. The van der Waals surface area contributed by atoms with E-state index in [1.54, 1.807) is 32.9 Å². The highest BCUT2D eigenvalue weighted by Crippen LogP contribution is 2.21. The topological polar surface area (TPSA) is 80.0 Å². The number of nitrogens with zero attached hydrogens (tertiary/aromatic N) is 2. The summed E-state index contributed by atoms with van der Waals surface area (Å²) < 4.78 is 5.22.